The second kappa shape index (κ2) is 5.72. The summed E-state index contributed by atoms with van der Waals surface area (Å²) in [7, 11) is 0. The first-order valence-electron chi connectivity index (χ1n) is 5.63. The summed E-state index contributed by atoms with van der Waals surface area (Å²) in [5.74, 6) is 0.925. The van der Waals surface area contributed by atoms with Gasteiger partial charge in [-0.25, -0.2) is 9.89 Å². The molecule has 17 heavy (non-hydrogen) atoms. The summed E-state index contributed by atoms with van der Waals surface area (Å²) in [4.78, 5) is 11.3. The zero-order chi connectivity index (χ0) is 12.1. The fourth-order valence-electron chi connectivity index (χ4n) is 1.60. The molecule has 1 N–H and O–H groups in total. The van der Waals surface area contributed by atoms with Gasteiger partial charge in [0.1, 0.15) is 0 Å². The first-order chi connectivity index (χ1) is 8.31. The number of aryl methyl sites for hydroxylation is 1. The number of aromatic amines is 1. The van der Waals surface area contributed by atoms with E-state index in [-0.39, 0.29) is 5.69 Å². The summed E-state index contributed by atoms with van der Waals surface area (Å²) >= 11 is 1.61. The van der Waals surface area contributed by atoms with Crippen LogP contribution in [0, 0.1) is 0 Å². The van der Waals surface area contributed by atoms with Gasteiger partial charge in [-0.2, -0.15) is 0 Å². The lowest BCUT2D eigenvalue weighted by molar-refractivity contribution is 0.660. The highest BCUT2D eigenvalue weighted by molar-refractivity contribution is 7.99. The minimum Gasteiger partial charge on any atom is -0.270 e. The first kappa shape index (κ1) is 12.0. The molecule has 0 aliphatic carbocycles. The maximum absolute atomic E-state index is 11.3. The van der Waals surface area contributed by atoms with Crippen LogP contribution in [0.2, 0.25) is 0 Å². The highest BCUT2D eigenvalue weighted by Crippen LogP contribution is 2.14. The van der Waals surface area contributed by atoms with Crippen LogP contribution in [0.25, 0.3) is 0 Å². The van der Waals surface area contributed by atoms with Crippen molar-refractivity contribution in [3.63, 3.8) is 0 Å². The van der Waals surface area contributed by atoms with Crippen molar-refractivity contribution < 1.29 is 0 Å². The number of hydrogen-bond donors (Lipinski definition) is 1. The molecular weight excluding hydrogens is 234 g/mol. The highest BCUT2D eigenvalue weighted by Gasteiger charge is 2.06. The predicted molar refractivity (Wildman–Crippen MR) is 69.4 cm³/mol. The Morgan fingerprint density at radius 2 is 2.12 bits per heavy atom. The average Bonchev–Trinajstić information content (AvgIpc) is 2.71. The minimum atomic E-state index is -0.130. The molecule has 0 unspecified atom stereocenters. The van der Waals surface area contributed by atoms with Gasteiger partial charge in [0.15, 0.2) is 5.16 Å². The molecule has 2 aromatic rings. The number of thioether (sulfide) groups is 1. The number of rotatable bonds is 5. The van der Waals surface area contributed by atoms with Crippen LogP contribution in [0.15, 0.2) is 40.3 Å². The molecule has 0 aliphatic heterocycles. The molecular formula is C12H15N3OS. The minimum absolute atomic E-state index is 0.130. The van der Waals surface area contributed by atoms with Crippen molar-refractivity contribution in [2.24, 2.45) is 0 Å². The lowest BCUT2D eigenvalue weighted by atomic mass is 10.2. The van der Waals surface area contributed by atoms with Gasteiger partial charge in [0, 0.05) is 12.3 Å². The first-order valence-corrected chi connectivity index (χ1v) is 6.61. The SMILES string of the molecule is CCn1c(SCCc2ccccc2)n[nH]c1=O. The third-order valence-corrected chi connectivity index (χ3v) is 3.48. The molecule has 0 amide bonds. The van der Waals surface area contributed by atoms with Crippen LogP contribution in [0.5, 0.6) is 0 Å². The summed E-state index contributed by atoms with van der Waals surface area (Å²) in [6.07, 6.45) is 0.982. The van der Waals surface area contributed by atoms with Crippen LogP contribution in [0.4, 0.5) is 0 Å². The van der Waals surface area contributed by atoms with E-state index in [0.717, 1.165) is 17.3 Å². The van der Waals surface area contributed by atoms with Crippen molar-refractivity contribution in [1.82, 2.24) is 14.8 Å². The smallest absolute Gasteiger partial charge is 0.270 e. The Balaban J connectivity index is 1.92. The molecule has 0 spiro atoms. The number of hydrogen-bond acceptors (Lipinski definition) is 3. The van der Waals surface area contributed by atoms with Gasteiger partial charge in [0.25, 0.3) is 0 Å². The van der Waals surface area contributed by atoms with Crippen LogP contribution in [-0.4, -0.2) is 20.5 Å². The maximum atomic E-state index is 11.3. The molecule has 0 atom stereocenters. The van der Waals surface area contributed by atoms with E-state index in [1.165, 1.54) is 5.56 Å². The van der Waals surface area contributed by atoms with Crippen LogP contribution in [0.1, 0.15) is 12.5 Å². The quantitative estimate of drug-likeness (QED) is 0.824. The van der Waals surface area contributed by atoms with Gasteiger partial charge >= 0.3 is 5.69 Å². The topological polar surface area (TPSA) is 50.7 Å². The zero-order valence-electron chi connectivity index (χ0n) is 9.72. The molecule has 0 fully saturated rings. The maximum Gasteiger partial charge on any atom is 0.343 e. The second-order valence-corrected chi connectivity index (χ2v) is 4.70. The van der Waals surface area contributed by atoms with Gasteiger partial charge in [0.05, 0.1) is 0 Å². The van der Waals surface area contributed by atoms with E-state index in [9.17, 15) is 4.79 Å². The van der Waals surface area contributed by atoms with Gasteiger partial charge < -0.3 is 0 Å². The summed E-state index contributed by atoms with van der Waals surface area (Å²) in [5, 5.41) is 7.25. The van der Waals surface area contributed by atoms with Gasteiger partial charge in [0.2, 0.25) is 0 Å². The van der Waals surface area contributed by atoms with Gasteiger partial charge in [-0.3, -0.25) is 4.57 Å². The monoisotopic (exact) mass is 249 g/mol. The number of benzene rings is 1. The van der Waals surface area contributed by atoms with Crippen molar-refractivity contribution in [3.8, 4) is 0 Å². The van der Waals surface area contributed by atoms with Crippen molar-refractivity contribution in [3.05, 3.63) is 46.4 Å². The molecule has 2 rings (SSSR count). The zero-order valence-corrected chi connectivity index (χ0v) is 10.5. The van der Waals surface area contributed by atoms with Crippen molar-refractivity contribution in [2.75, 3.05) is 5.75 Å². The van der Waals surface area contributed by atoms with Crippen molar-refractivity contribution >= 4 is 11.8 Å². The Hall–Kier alpha value is -1.49. The molecule has 0 radical (unpaired) electrons. The van der Waals surface area contributed by atoms with Gasteiger partial charge in [-0.1, -0.05) is 42.1 Å². The number of H-pyrrole nitrogens is 1. The second-order valence-electron chi connectivity index (χ2n) is 3.64. The summed E-state index contributed by atoms with van der Waals surface area (Å²) < 4.78 is 1.65. The lowest BCUT2D eigenvalue weighted by Gasteiger charge is -2.02. The number of nitrogens with zero attached hydrogens (tertiary/aromatic N) is 2. The Bertz CT molecular complexity index is 518. The van der Waals surface area contributed by atoms with Crippen LogP contribution in [0.3, 0.4) is 0 Å². The lowest BCUT2D eigenvalue weighted by Crippen LogP contribution is -2.16. The number of aromatic nitrogens is 3. The molecule has 5 heteroatoms. The van der Waals surface area contributed by atoms with E-state index < -0.39 is 0 Å². The van der Waals surface area contributed by atoms with E-state index in [4.69, 9.17) is 0 Å². The third kappa shape index (κ3) is 3.00. The molecule has 0 bridgehead atoms. The molecule has 0 saturated heterocycles. The van der Waals surface area contributed by atoms with E-state index in [2.05, 4.69) is 22.3 Å². The molecule has 1 heterocycles. The molecule has 90 valence electrons. The van der Waals surface area contributed by atoms with E-state index in [0.29, 0.717) is 6.54 Å². The highest BCUT2D eigenvalue weighted by atomic mass is 32.2. The van der Waals surface area contributed by atoms with E-state index in [1.807, 2.05) is 25.1 Å². The predicted octanol–water partition coefficient (Wildman–Crippen LogP) is 1.93. The van der Waals surface area contributed by atoms with E-state index >= 15 is 0 Å². The Morgan fingerprint density at radius 1 is 1.35 bits per heavy atom. The molecule has 0 saturated carbocycles. The standard InChI is InChI=1S/C12H15N3OS/c1-2-15-11(16)13-14-12(15)17-9-8-10-6-4-3-5-7-10/h3-7H,2,8-9H2,1H3,(H,13,16). The number of nitrogens with one attached hydrogen (secondary N) is 1. The summed E-state index contributed by atoms with van der Waals surface area (Å²) in [6, 6.07) is 10.3. The van der Waals surface area contributed by atoms with E-state index in [1.54, 1.807) is 16.3 Å². The normalized spacial score (nSPS) is 10.6. The fourth-order valence-corrected chi connectivity index (χ4v) is 2.60. The Morgan fingerprint density at radius 3 is 2.82 bits per heavy atom. The Kier molecular flexibility index (Phi) is 4.03. The molecule has 4 nitrogen and oxygen atoms in total. The van der Waals surface area contributed by atoms with Crippen molar-refractivity contribution in [1.29, 1.82) is 0 Å². The summed E-state index contributed by atoms with van der Waals surface area (Å²) in [6.45, 7) is 2.60. The van der Waals surface area contributed by atoms with Gasteiger partial charge in [-0.05, 0) is 18.9 Å². The molecule has 1 aromatic heterocycles. The fraction of sp³-hybridized carbons (Fsp3) is 0.333. The third-order valence-electron chi connectivity index (χ3n) is 2.50. The largest absolute Gasteiger partial charge is 0.343 e. The van der Waals surface area contributed by atoms with Crippen LogP contribution < -0.4 is 5.69 Å². The van der Waals surface area contributed by atoms with Crippen molar-refractivity contribution in [2.45, 2.75) is 25.0 Å². The summed E-state index contributed by atoms with van der Waals surface area (Å²) in [5.41, 5.74) is 1.18. The average molecular weight is 249 g/mol. The Labute approximate surface area is 104 Å². The molecule has 0 aliphatic rings. The molecule has 1 aromatic carbocycles. The van der Waals surface area contributed by atoms with Gasteiger partial charge in [-0.15, -0.1) is 5.10 Å². The van der Waals surface area contributed by atoms with Crippen LogP contribution in [-0.2, 0) is 13.0 Å². The van der Waals surface area contributed by atoms with Crippen LogP contribution >= 0.6 is 11.8 Å².